The minimum Gasteiger partial charge on any atom is -0.408 e. The first kappa shape index (κ1) is 27.2. The van der Waals surface area contributed by atoms with Gasteiger partial charge in [0.1, 0.15) is 6.20 Å². The molecule has 5 aromatic rings. The second kappa shape index (κ2) is 10.5. The van der Waals surface area contributed by atoms with Crippen LogP contribution in [0.3, 0.4) is 0 Å². The van der Waals surface area contributed by atoms with Gasteiger partial charge in [0.15, 0.2) is 5.69 Å². The van der Waals surface area contributed by atoms with Crippen molar-refractivity contribution in [3.05, 3.63) is 174 Å². The van der Waals surface area contributed by atoms with Crippen molar-refractivity contribution in [2.75, 3.05) is 0 Å². The fourth-order valence-electron chi connectivity index (χ4n) is 6.26. The molecule has 1 aliphatic heterocycles. The van der Waals surface area contributed by atoms with Crippen LogP contribution in [0.1, 0.15) is 22.4 Å². The number of nitro benzene ring substituents is 3. The molecular weight excluding hydrogens is 547 g/mol. The summed E-state index contributed by atoms with van der Waals surface area (Å²) < 4.78 is 2.12. The highest BCUT2D eigenvalue weighted by atomic mass is 16.6. The molecule has 0 unspecified atom stereocenters. The summed E-state index contributed by atoms with van der Waals surface area (Å²) in [6.07, 6.45) is -0.244. The number of aromatic nitrogens is 1. The molecule has 0 aliphatic carbocycles. The van der Waals surface area contributed by atoms with Crippen LogP contribution in [0.25, 0.3) is 11.0 Å². The molecule has 0 saturated heterocycles. The van der Waals surface area contributed by atoms with E-state index in [0.717, 1.165) is 38.8 Å². The van der Waals surface area contributed by atoms with Crippen molar-refractivity contribution in [3.63, 3.8) is 0 Å². The Balaban J connectivity index is 1.78. The number of aryl methyl sites for hydroxylation is 1. The Morgan fingerprint density at radius 2 is 1.00 bits per heavy atom. The van der Waals surface area contributed by atoms with E-state index >= 15 is 0 Å². The Labute approximate surface area is 245 Å². The lowest BCUT2D eigenvalue weighted by atomic mass is 9.23. The zero-order chi connectivity index (χ0) is 30.3. The standard InChI is InChI=1S/C32H23BN4O6/c1-22-5-7-23(8-6-22)31-30-4-2-3-21-34(30)33(25-11-17-28(18-12-25)36(40)41,26-13-19-29(20-14-26)37(42)43)32(31)24-9-15-27(16-10-24)35(38)39/h2-21H,1H3. The quantitative estimate of drug-likeness (QED) is 0.151. The minimum atomic E-state index is -2.18. The number of fused-ring (bicyclic) bond motifs is 1. The molecule has 1 aliphatic rings. The zero-order valence-corrected chi connectivity index (χ0v) is 22.9. The maximum Gasteiger partial charge on any atom is 0.361 e. The third kappa shape index (κ3) is 4.43. The van der Waals surface area contributed by atoms with Gasteiger partial charge in [-0.1, -0.05) is 77.9 Å². The Hall–Kier alpha value is -5.97. The first-order valence-corrected chi connectivity index (χ1v) is 13.4. The fraction of sp³-hybridized carbons (Fsp3) is 0.0312. The monoisotopic (exact) mass is 570 g/mol. The van der Waals surface area contributed by atoms with E-state index in [9.17, 15) is 30.3 Å². The first-order chi connectivity index (χ1) is 20.7. The van der Waals surface area contributed by atoms with Crippen molar-refractivity contribution in [2.24, 2.45) is 0 Å². The van der Waals surface area contributed by atoms with Gasteiger partial charge in [-0.2, -0.15) is 0 Å². The summed E-state index contributed by atoms with van der Waals surface area (Å²) in [7, 11) is 0. The number of non-ortho nitro benzene ring substituents is 3. The van der Waals surface area contributed by atoms with Crippen LogP contribution < -0.4 is 15.4 Å². The van der Waals surface area contributed by atoms with E-state index in [-0.39, 0.29) is 17.1 Å². The fourth-order valence-corrected chi connectivity index (χ4v) is 6.26. The molecular formula is C32H23BN4O6. The summed E-state index contributed by atoms with van der Waals surface area (Å²) in [5.41, 5.74) is 6.50. The van der Waals surface area contributed by atoms with E-state index < -0.39 is 21.1 Å². The molecule has 0 atom stereocenters. The molecule has 11 heteroatoms. The van der Waals surface area contributed by atoms with Gasteiger partial charge in [-0.15, -0.1) is 16.4 Å². The van der Waals surface area contributed by atoms with Crippen LogP contribution in [0, 0.1) is 37.3 Å². The van der Waals surface area contributed by atoms with Crippen molar-refractivity contribution < 1.29 is 19.2 Å². The van der Waals surface area contributed by atoms with Gasteiger partial charge < -0.3 is 4.48 Å². The minimum absolute atomic E-state index is 0.0619. The van der Waals surface area contributed by atoms with Crippen LogP contribution in [0.2, 0.25) is 0 Å². The lowest BCUT2D eigenvalue weighted by Gasteiger charge is -2.35. The molecule has 2 heterocycles. The molecule has 210 valence electrons. The van der Waals surface area contributed by atoms with Gasteiger partial charge in [-0.25, -0.2) is 0 Å². The van der Waals surface area contributed by atoms with Crippen LogP contribution in [-0.4, -0.2) is 21.1 Å². The molecule has 0 amide bonds. The molecule has 0 spiro atoms. The first-order valence-electron chi connectivity index (χ1n) is 13.4. The topological polar surface area (TPSA) is 133 Å². The molecule has 0 fully saturated rings. The van der Waals surface area contributed by atoms with Crippen molar-refractivity contribution in [2.45, 2.75) is 6.92 Å². The summed E-state index contributed by atoms with van der Waals surface area (Å²) in [4.78, 5) is 33.4. The smallest absolute Gasteiger partial charge is 0.361 e. The number of hydrogen-bond acceptors (Lipinski definition) is 6. The average Bonchev–Trinajstić information content (AvgIpc) is 3.33. The molecule has 0 radical (unpaired) electrons. The van der Waals surface area contributed by atoms with Gasteiger partial charge in [0, 0.05) is 48.0 Å². The van der Waals surface area contributed by atoms with Crippen LogP contribution in [0.4, 0.5) is 17.1 Å². The molecule has 6 rings (SSSR count). The largest absolute Gasteiger partial charge is 0.408 e. The second-order valence-corrected chi connectivity index (χ2v) is 10.5. The summed E-state index contributed by atoms with van der Waals surface area (Å²) >= 11 is 0. The summed E-state index contributed by atoms with van der Waals surface area (Å²) in [6, 6.07) is 32.8. The lowest BCUT2D eigenvalue weighted by molar-refractivity contribution is -0.539. The number of nitrogens with zero attached hydrogens (tertiary/aromatic N) is 4. The van der Waals surface area contributed by atoms with Crippen LogP contribution in [0.5, 0.6) is 0 Å². The average molecular weight is 570 g/mol. The predicted molar refractivity (Wildman–Crippen MR) is 163 cm³/mol. The summed E-state index contributed by atoms with van der Waals surface area (Å²) in [5.74, 6) is 0. The number of hydrogen-bond donors (Lipinski definition) is 0. The number of benzene rings is 4. The number of nitro groups is 3. The van der Waals surface area contributed by atoms with E-state index in [1.807, 2.05) is 55.6 Å². The van der Waals surface area contributed by atoms with Crippen molar-refractivity contribution >= 4 is 45.3 Å². The highest BCUT2D eigenvalue weighted by molar-refractivity contribution is 7.11. The maximum atomic E-state index is 11.6. The third-order valence-electron chi connectivity index (χ3n) is 8.15. The summed E-state index contributed by atoms with van der Waals surface area (Å²) in [6.45, 7) is 1.99. The van der Waals surface area contributed by atoms with E-state index in [4.69, 9.17) is 0 Å². The second-order valence-electron chi connectivity index (χ2n) is 10.5. The molecule has 1 aromatic heterocycles. The van der Waals surface area contributed by atoms with Crippen LogP contribution in [0.15, 0.2) is 121 Å². The van der Waals surface area contributed by atoms with Gasteiger partial charge in [0.2, 0.25) is 0 Å². The number of pyridine rings is 1. The van der Waals surface area contributed by atoms with Gasteiger partial charge in [-0.05, 0) is 18.6 Å². The Bertz CT molecular complexity index is 1880. The zero-order valence-electron chi connectivity index (χ0n) is 22.9. The van der Waals surface area contributed by atoms with Gasteiger partial charge in [0.05, 0.1) is 14.8 Å². The van der Waals surface area contributed by atoms with Gasteiger partial charge >= 0.3 is 6.28 Å². The van der Waals surface area contributed by atoms with Crippen LogP contribution >= 0.6 is 0 Å². The molecule has 4 aromatic carbocycles. The highest BCUT2D eigenvalue weighted by Gasteiger charge is 2.52. The Morgan fingerprint density at radius 1 is 0.558 bits per heavy atom. The molecule has 43 heavy (non-hydrogen) atoms. The normalized spacial score (nSPS) is 13.4. The van der Waals surface area contributed by atoms with Gasteiger partial charge in [-0.3, -0.25) is 30.3 Å². The molecule has 0 N–H and O–H groups in total. The van der Waals surface area contributed by atoms with E-state index in [0.29, 0.717) is 5.56 Å². The predicted octanol–water partition coefficient (Wildman–Crippen LogP) is 5.13. The molecule has 10 nitrogen and oxygen atoms in total. The summed E-state index contributed by atoms with van der Waals surface area (Å²) in [5, 5.41) is 34.8. The SMILES string of the molecule is Cc1ccc(C2=C(c3ccc([N+](=O)[O-])cc3)[B-](c3ccc([N+](=O)[O-])cc3)(c3ccc([N+](=O)[O-])cc3)[n+]3ccccc32)cc1. The van der Waals surface area contributed by atoms with Crippen molar-refractivity contribution in [3.8, 4) is 0 Å². The van der Waals surface area contributed by atoms with Crippen LogP contribution in [-0.2, 0) is 0 Å². The van der Waals surface area contributed by atoms with E-state index in [1.165, 1.54) is 36.4 Å². The Kier molecular flexibility index (Phi) is 6.62. The molecule has 0 bridgehead atoms. The van der Waals surface area contributed by atoms with E-state index in [1.54, 1.807) is 36.4 Å². The Morgan fingerprint density at radius 3 is 1.47 bits per heavy atom. The van der Waals surface area contributed by atoms with E-state index in [2.05, 4.69) is 4.48 Å². The molecule has 0 saturated carbocycles. The van der Waals surface area contributed by atoms with Crippen molar-refractivity contribution in [1.29, 1.82) is 0 Å². The third-order valence-corrected chi connectivity index (χ3v) is 8.15. The lowest BCUT2D eigenvalue weighted by Crippen LogP contribution is -2.78. The number of rotatable bonds is 7. The van der Waals surface area contributed by atoms with Crippen molar-refractivity contribution in [1.82, 2.24) is 0 Å². The maximum absolute atomic E-state index is 11.6. The van der Waals surface area contributed by atoms with Gasteiger partial charge in [0.25, 0.3) is 17.1 Å². The highest BCUT2D eigenvalue weighted by Crippen LogP contribution is 2.41.